The highest BCUT2D eigenvalue weighted by atomic mass is 32.1. The fourth-order valence-electron chi connectivity index (χ4n) is 1.92. The molecule has 0 saturated carbocycles. The summed E-state index contributed by atoms with van der Waals surface area (Å²) in [5.74, 6) is 2.93. The second-order valence-electron chi connectivity index (χ2n) is 6.65. The first-order valence-corrected chi connectivity index (χ1v) is 9.19. The standard InChI is InChI=1S/C19H30O2S2/c1-13(2)8-10-20-16-6-7-18(21-11-9-14(3)4)17(12-16)19(23)15(5)22/h6-7,12-14,22-23H,8-11H2,1-5H3. The van der Waals surface area contributed by atoms with Crippen molar-refractivity contribution in [3.63, 3.8) is 0 Å². The summed E-state index contributed by atoms with van der Waals surface area (Å²) >= 11 is 9.00. The van der Waals surface area contributed by atoms with Gasteiger partial charge >= 0.3 is 0 Å². The third-order valence-corrected chi connectivity index (χ3v) is 4.44. The normalized spacial score (nSPS) is 12.6. The molecule has 0 aromatic heterocycles. The van der Waals surface area contributed by atoms with Crippen LogP contribution in [0.3, 0.4) is 0 Å². The highest BCUT2D eigenvalue weighted by Gasteiger charge is 2.11. The summed E-state index contributed by atoms with van der Waals surface area (Å²) in [5, 5.41) is 0. The molecule has 1 rings (SSSR count). The lowest BCUT2D eigenvalue weighted by atomic mass is 10.1. The SMILES string of the molecule is CC(S)=C(S)c1cc(OCCC(C)C)ccc1OCCC(C)C. The minimum absolute atomic E-state index is 0.620. The molecule has 1 aromatic rings. The first-order valence-electron chi connectivity index (χ1n) is 8.30. The molecule has 0 radical (unpaired) electrons. The van der Waals surface area contributed by atoms with Gasteiger partial charge < -0.3 is 9.47 Å². The van der Waals surface area contributed by atoms with Crippen molar-refractivity contribution in [1.29, 1.82) is 0 Å². The summed E-state index contributed by atoms with van der Waals surface area (Å²) in [6.07, 6.45) is 2.06. The highest BCUT2D eigenvalue weighted by molar-refractivity contribution is 7.93. The largest absolute Gasteiger partial charge is 0.494 e. The van der Waals surface area contributed by atoms with Crippen LogP contribution < -0.4 is 9.47 Å². The fraction of sp³-hybridized carbons (Fsp3) is 0.579. The molecule has 0 spiro atoms. The van der Waals surface area contributed by atoms with Crippen molar-refractivity contribution < 1.29 is 9.47 Å². The van der Waals surface area contributed by atoms with E-state index < -0.39 is 0 Å². The molecule has 0 aliphatic carbocycles. The Hall–Kier alpha value is -0.740. The second kappa shape index (κ2) is 10.2. The minimum atomic E-state index is 0.620. The van der Waals surface area contributed by atoms with Crippen LogP contribution in [0, 0.1) is 11.8 Å². The Morgan fingerprint density at radius 1 is 0.957 bits per heavy atom. The van der Waals surface area contributed by atoms with E-state index in [0.717, 1.165) is 46.3 Å². The predicted octanol–water partition coefficient (Wildman–Crippen LogP) is 6.08. The van der Waals surface area contributed by atoms with Gasteiger partial charge in [0.05, 0.1) is 13.2 Å². The number of hydrogen-bond acceptors (Lipinski definition) is 4. The molecule has 0 aliphatic rings. The van der Waals surface area contributed by atoms with Crippen molar-refractivity contribution in [3.8, 4) is 11.5 Å². The Balaban J connectivity index is 2.90. The van der Waals surface area contributed by atoms with Crippen LogP contribution in [0.2, 0.25) is 0 Å². The molecule has 0 N–H and O–H groups in total. The highest BCUT2D eigenvalue weighted by Crippen LogP contribution is 2.35. The summed E-state index contributed by atoms with van der Waals surface area (Å²) in [7, 11) is 0. The van der Waals surface area contributed by atoms with E-state index in [2.05, 4.69) is 53.0 Å². The molecule has 0 atom stereocenters. The molecule has 0 saturated heterocycles. The Morgan fingerprint density at radius 3 is 2.04 bits per heavy atom. The van der Waals surface area contributed by atoms with Crippen molar-refractivity contribution in [1.82, 2.24) is 0 Å². The Morgan fingerprint density at radius 2 is 1.52 bits per heavy atom. The molecule has 130 valence electrons. The zero-order valence-electron chi connectivity index (χ0n) is 14.9. The molecule has 4 heteroatoms. The first kappa shape index (κ1) is 20.3. The molecule has 0 fully saturated rings. The van der Waals surface area contributed by atoms with Gasteiger partial charge in [-0.2, -0.15) is 0 Å². The molecule has 23 heavy (non-hydrogen) atoms. The lowest BCUT2D eigenvalue weighted by molar-refractivity contribution is 0.281. The Kier molecular flexibility index (Phi) is 9.00. The van der Waals surface area contributed by atoms with Crippen LogP contribution in [0.5, 0.6) is 11.5 Å². The van der Waals surface area contributed by atoms with E-state index in [1.54, 1.807) is 0 Å². The van der Waals surface area contributed by atoms with Gasteiger partial charge in [-0.3, -0.25) is 0 Å². The number of rotatable bonds is 9. The summed E-state index contributed by atoms with van der Waals surface area (Å²) in [6.45, 7) is 12.1. The van der Waals surface area contributed by atoms with E-state index in [-0.39, 0.29) is 0 Å². The van der Waals surface area contributed by atoms with Crippen molar-refractivity contribution in [2.45, 2.75) is 47.5 Å². The second-order valence-corrected chi connectivity index (χ2v) is 7.77. The molecule has 0 unspecified atom stereocenters. The maximum Gasteiger partial charge on any atom is 0.127 e. The average Bonchev–Trinajstić information content (AvgIpc) is 2.46. The Bertz CT molecular complexity index is 518. The van der Waals surface area contributed by atoms with Gasteiger partial charge in [0.25, 0.3) is 0 Å². The molecule has 1 aromatic carbocycles. The van der Waals surface area contributed by atoms with Crippen molar-refractivity contribution in [2.24, 2.45) is 11.8 Å². The average molecular weight is 355 g/mol. The van der Waals surface area contributed by atoms with E-state index in [1.807, 2.05) is 25.1 Å². The monoisotopic (exact) mass is 354 g/mol. The molecule has 0 amide bonds. The molecule has 0 aliphatic heterocycles. The van der Waals surface area contributed by atoms with Gasteiger partial charge in [-0.1, -0.05) is 27.7 Å². The molecule has 0 heterocycles. The van der Waals surface area contributed by atoms with Crippen LogP contribution in [-0.2, 0) is 0 Å². The Labute approximate surface area is 152 Å². The van der Waals surface area contributed by atoms with E-state index >= 15 is 0 Å². The minimum Gasteiger partial charge on any atom is -0.494 e. The lowest BCUT2D eigenvalue weighted by Gasteiger charge is -2.15. The molecular weight excluding hydrogens is 324 g/mol. The molecule has 2 nitrogen and oxygen atoms in total. The van der Waals surface area contributed by atoms with Crippen LogP contribution in [0.15, 0.2) is 23.1 Å². The lowest BCUT2D eigenvalue weighted by Crippen LogP contribution is -2.04. The van der Waals surface area contributed by atoms with Crippen molar-refractivity contribution in [2.75, 3.05) is 13.2 Å². The van der Waals surface area contributed by atoms with Crippen LogP contribution in [0.25, 0.3) is 4.91 Å². The predicted molar refractivity (Wildman–Crippen MR) is 107 cm³/mol. The quantitative estimate of drug-likeness (QED) is 0.523. The maximum absolute atomic E-state index is 5.94. The van der Waals surface area contributed by atoms with Crippen LogP contribution in [-0.4, -0.2) is 13.2 Å². The maximum atomic E-state index is 5.94. The summed E-state index contributed by atoms with van der Waals surface area (Å²) in [6, 6.07) is 5.92. The number of allylic oxidation sites excluding steroid dienone is 1. The summed E-state index contributed by atoms with van der Waals surface area (Å²) in [4.78, 5) is 1.68. The third-order valence-electron chi connectivity index (χ3n) is 3.47. The van der Waals surface area contributed by atoms with Crippen LogP contribution in [0.4, 0.5) is 0 Å². The van der Waals surface area contributed by atoms with Crippen LogP contribution >= 0.6 is 25.3 Å². The first-order chi connectivity index (χ1) is 10.8. The van der Waals surface area contributed by atoms with Crippen molar-refractivity contribution in [3.05, 3.63) is 28.7 Å². The third kappa shape index (κ3) is 7.58. The van der Waals surface area contributed by atoms with Gasteiger partial charge in [-0.15, -0.1) is 25.3 Å². The number of hydrogen-bond donors (Lipinski definition) is 2. The van der Waals surface area contributed by atoms with Gasteiger partial charge in [0, 0.05) is 10.5 Å². The van der Waals surface area contributed by atoms with E-state index in [9.17, 15) is 0 Å². The van der Waals surface area contributed by atoms with Gasteiger partial charge in [-0.05, 0) is 54.7 Å². The molecule has 0 bridgehead atoms. The summed E-state index contributed by atoms with van der Waals surface area (Å²) < 4.78 is 11.8. The number of thiol groups is 2. The smallest absolute Gasteiger partial charge is 0.127 e. The van der Waals surface area contributed by atoms with E-state index in [0.29, 0.717) is 18.4 Å². The zero-order valence-corrected chi connectivity index (χ0v) is 16.7. The fourth-order valence-corrected chi connectivity index (χ4v) is 2.22. The van der Waals surface area contributed by atoms with Crippen molar-refractivity contribution >= 4 is 30.2 Å². The van der Waals surface area contributed by atoms with E-state index in [4.69, 9.17) is 9.47 Å². The summed E-state index contributed by atoms with van der Waals surface area (Å²) in [5.41, 5.74) is 0.937. The van der Waals surface area contributed by atoms with Gasteiger partial charge in [-0.25, -0.2) is 0 Å². The topological polar surface area (TPSA) is 18.5 Å². The number of ether oxygens (including phenoxy) is 2. The van der Waals surface area contributed by atoms with Gasteiger partial charge in [0.15, 0.2) is 0 Å². The number of benzene rings is 1. The zero-order chi connectivity index (χ0) is 17.4. The van der Waals surface area contributed by atoms with Gasteiger partial charge in [0.1, 0.15) is 11.5 Å². The van der Waals surface area contributed by atoms with Gasteiger partial charge in [0.2, 0.25) is 0 Å². The molecular formula is C19H30O2S2. The van der Waals surface area contributed by atoms with Crippen LogP contribution in [0.1, 0.15) is 53.0 Å². The van der Waals surface area contributed by atoms with E-state index in [1.165, 1.54) is 0 Å².